The van der Waals surface area contributed by atoms with Crippen LogP contribution < -0.4 is 14.8 Å². The summed E-state index contributed by atoms with van der Waals surface area (Å²) in [5, 5.41) is 3.07. The lowest BCUT2D eigenvalue weighted by Gasteiger charge is -2.40. The molecule has 31 heavy (non-hydrogen) atoms. The number of likely N-dealkylation sites (tertiary alicyclic amines) is 1. The Hall–Kier alpha value is -3.06. The number of ether oxygens (including phenoxy) is 3. The van der Waals surface area contributed by atoms with Crippen molar-refractivity contribution >= 4 is 17.5 Å². The molecule has 2 amide bonds. The molecule has 1 aliphatic heterocycles. The normalized spacial score (nSPS) is 15.3. The molecule has 3 rings (SSSR count). The molecule has 7 heteroatoms. The van der Waals surface area contributed by atoms with Crippen molar-refractivity contribution in [3.63, 3.8) is 0 Å². The maximum atomic E-state index is 13.6. The van der Waals surface area contributed by atoms with E-state index in [1.807, 2.05) is 30.3 Å². The molecule has 166 valence electrons. The highest BCUT2D eigenvalue weighted by Crippen LogP contribution is 2.38. The summed E-state index contributed by atoms with van der Waals surface area (Å²) in [5.74, 6) is 1.07. The Morgan fingerprint density at radius 3 is 2.32 bits per heavy atom. The van der Waals surface area contributed by atoms with Crippen LogP contribution in [0, 0.1) is 0 Å². The lowest BCUT2D eigenvalue weighted by atomic mass is 9.72. The molecule has 0 bridgehead atoms. The molecule has 1 saturated heterocycles. The summed E-state index contributed by atoms with van der Waals surface area (Å²) in [6, 6.07) is 15.1. The Labute approximate surface area is 183 Å². The SMILES string of the molecule is COCCOc1cc(NC(=O)C2(c3ccccc3)CCN(C(C)=O)CC2)ccc1OC. The van der Waals surface area contributed by atoms with Crippen LogP contribution >= 0.6 is 0 Å². The molecule has 2 aromatic carbocycles. The van der Waals surface area contributed by atoms with Gasteiger partial charge in [0, 0.05) is 38.9 Å². The Bertz CT molecular complexity index is 892. The second kappa shape index (κ2) is 10.3. The molecule has 1 heterocycles. The highest BCUT2D eigenvalue weighted by molar-refractivity contribution is 5.99. The zero-order chi connectivity index (χ0) is 22.3. The van der Waals surface area contributed by atoms with E-state index in [1.165, 1.54) is 0 Å². The Balaban J connectivity index is 1.84. The number of benzene rings is 2. The average Bonchev–Trinajstić information content (AvgIpc) is 2.80. The van der Waals surface area contributed by atoms with Crippen molar-refractivity contribution in [1.82, 2.24) is 4.90 Å². The van der Waals surface area contributed by atoms with Crippen molar-refractivity contribution in [1.29, 1.82) is 0 Å². The highest BCUT2D eigenvalue weighted by atomic mass is 16.5. The smallest absolute Gasteiger partial charge is 0.235 e. The van der Waals surface area contributed by atoms with Crippen molar-refractivity contribution < 1.29 is 23.8 Å². The van der Waals surface area contributed by atoms with E-state index in [-0.39, 0.29) is 11.8 Å². The zero-order valence-corrected chi connectivity index (χ0v) is 18.3. The molecule has 0 spiro atoms. The molecule has 0 atom stereocenters. The molecule has 1 aliphatic rings. The monoisotopic (exact) mass is 426 g/mol. The van der Waals surface area contributed by atoms with Gasteiger partial charge in [0.05, 0.1) is 19.1 Å². The minimum atomic E-state index is -0.704. The number of piperidine rings is 1. The summed E-state index contributed by atoms with van der Waals surface area (Å²) in [7, 11) is 3.18. The lowest BCUT2D eigenvalue weighted by molar-refractivity contribution is -0.133. The standard InChI is InChI=1S/C24H30N2O5/c1-18(27)26-13-11-24(12-14-26,19-7-5-4-6-8-19)23(28)25-20-9-10-21(30-3)22(17-20)31-16-15-29-2/h4-10,17H,11-16H2,1-3H3,(H,25,28). The maximum absolute atomic E-state index is 13.6. The molecule has 7 nitrogen and oxygen atoms in total. The first-order chi connectivity index (χ1) is 15.0. The number of carbonyl (C=O) groups is 2. The average molecular weight is 427 g/mol. The number of hydrogen-bond acceptors (Lipinski definition) is 5. The van der Waals surface area contributed by atoms with Crippen LogP contribution in [0.1, 0.15) is 25.3 Å². The molecular formula is C24H30N2O5. The fourth-order valence-electron chi connectivity index (χ4n) is 3.96. The van der Waals surface area contributed by atoms with Crippen LogP contribution in [0.15, 0.2) is 48.5 Å². The van der Waals surface area contributed by atoms with Gasteiger partial charge in [0.25, 0.3) is 0 Å². The van der Waals surface area contributed by atoms with Gasteiger partial charge in [-0.3, -0.25) is 9.59 Å². The Kier molecular flexibility index (Phi) is 7.52. The number of anilines is 1. The summed E-state index contributed by atoms with van der Waals surface area (Å²) >= 11 is 0. The van der Waals surface area contributed by atoms with Gasteiger partial charge in [-0.1, -0.05) is 30.3 Å². The number of hydrogen-bond donors (Lipinski definition) is 1. The number of rotatable bonds is 8. The summed E-state index contributed by atoms with van der Waals surface area (Å²) < 4.78 is 16.1. The van der Waals surface area contributed by atoms with Gasteiger partial charge in [-0.25, -0.2) is 0 Å². The van der Waals surface area contributed by atoms with Gasteiger partial charge in [0.15, 0.2) is 11.5 Å². The molecule has 0 radical (unpaired) electrons. The van der Waals surface area contributed by atoms with E-state index in [9.17, 15) is 9.59 Å². The minimum absolute atomic E-state index is 0.0371. The summed E-state index contributed by atoms with van der Waals surface area (Å²) in [6.45, 7) is 3.48. The lowest BCUT2D eigenvalue weighted by Crippen LogP contribution is -2.50. The van der Waals surface area contributed by atoms with E-state index in [4.69, 9.17) is 14.2 Å². The minimum Gasteiger partial charge on any atom is -0.493 e. The van der Waals surface area contributed by atoms with Crippen LogP contribution in [0.25, 0.3) is 0 Å². The van der Waals surface area contributed by atoms with Gasteiger partial charge in [-0.05, 0) is 30.5 Å². The largest absolute Gasteiger partial charge is 0.493 e. The van der Waals surface area contributed by atoms with Crippen LogP contribution in [0.2, 0.25) is 0 Å². The number of methoxy groups -OCH3 is 2. The highest BCUT2D eigenvalue weighted by Gasteiger charge is 2.43. The van der Waals surface area contributed by atoms with E-state index in [1.54, 1.807) is 44.2 Å². The molecule has 0 aliphatic carbocycles. The summed E-state index contributed by atoms with van der Waals surface area (Å²) in [4.78, 5) is 27.2. The molecule has 2 aromatic rings. The van der Waals surface area contributed by atoms with Gasteiger partial charge in [-0.2, -0.15) is 0 Å². The topological polar surface area (TPSA) is 77.1 Å². The number of nitrogens with zero attached hydrogens (tertiary/aromatic N) is 1. The molecular weight excluding hydrogens is 396 g/mol. The molecule has 0 unspecified atom stereocenters. The van der Waals surface area contributed by atoms with Crippen molar-refractivity contribution in [2.24, 2.45) is 0 Å². The number of nitrogens with one attached hydrogen (secondary N) is 1. The second-order valence-corrected chi connectivity index (χ2v) is 7.62. The van der Waals surface area contributed by atoms with Gasteiger partial charge in [0.1, 0.15) is 6.61 Å². The van der Waals surface area contributed by atoms with E-state index in [0.717, 1.165) is 5.56 Å². The van der Waals surface area contributed by atoms with Gasteiger partial charge >= 0.3 is 0 Å². The fourth-order valence-corrected chi connectivity index (χ4v) is 3.96. The van der Waals surface area contributed by atoms with Crippen molar-refractivity contribution in [2.75, 3.05) is 45.8 Å². The Morgan fingerprint density at radius 2 is 1.71 bits per heavy atom. The third-order valence-electron chi connectivity index (χ3n) is 5.79. The van der Waals surface area contributed by atoms with Crippen molar-refractivity contribution in [3.05, 3.63) is 54.1 Å². The van der Waals surface area contributed by atoms with E-state index >= 15 is 0 Å². The molecule has 1 fully saturated rings. The van der Waals surface area contributed by atoms with Crippen LogP contribution in [0.4, 0.5) is 5.69 Å². The van der Waals surface area contributed by atoms with Crippen LogP contribution in [0.3, 0.4) is 0 Å². The maximum Gasteiger partial charge on any atom is 0.235 e. The number of carbonyl (C=O) groups excluding carboxylic acids is 2. The van der Waals surface area contributed by atoms with E-state index < -0.39 is 5.41 Å². The molecule has 1 N–H and O–H groups in total. The molecule has 0 saturated carbocycles. The van der Waals surface area contributed by atoms with Gasteiger partial charge in [0.2, 0.25) is 11.8 Å². The molecule has 0 aromatic heterocycles. The second-order valence-electron chi connectivity index (χ2n) is 7.62. The van der Waals surface area contributed by atoms with Crippen LogP contribution in [-0.2, 0) is 19.7 Å². The summed E-state index contributed by atoms with van der Waals surface area (Å²) in [5.41, 5.74) is 0.882. The van der Waals surface area contributed by atoms with E-state index in [2.05, 4.69) is 5.32 Å². The zero-order valence-electron chi connectivity index (χ0n) is 18.3. The van der Waals surface area contributed by atoms with Crippen LogP contribution in [0.5, 0.6) is 11.5 Å². The predicted octanol–water partition coefficient (Wildman–Crippen LogP) is 3.24. The van der Waals surface area contributed by atoms with Gasteiger partial charge < -0.3 is 24.4 Å². The first-order valence-electron chi connectivity index (χ1n) is 10.4. The van der Waals surface area contributed by atoms with Gasteiger partial charge in [-0.15, -0.1) is 0 Å². The third-order valence-corrected chi connectivity index (χ3v) is 5.79. The predicted molar refractivity (Wildman–Crippen MR) is 119 cm³/mol. The van der Waals surface area contributed by atoms with Crippen molar-refractivity contribution in [3.8, 4) is 11.5 Å². The fraction of sp³-hybridized carbons (Fsp3) is 0.417. The quantitative estimate of drug-likeness (QED) is 0.656. The first-order valence-corrected chi connectivity index (χ1v) is 10.4. The number of amides is 2. The third kappa shape index (κ3) is 5.17. The summed E-state index contributed by atoms with van der Waals surface area (Å²) in [6.07, 6.45) is 1.13. The van der Waals surface area contributed by atoms with Crippen molar-refractivity contribution in [2.45, 2.75) is 25.2 Å². The Morgan fingerprint density at radius 1 is 1.00 bits per heavy atom. The first kappa shape index (κ1) is 22.6. The van der Waals surface area contributed by atoms with E-state index in [0.29, 0.717) is 56.3 Å². The van der Waals surface area contributed by atoms with Crippen LogP contribution in [-0.4, -0.2) is 57.2 Å².